The number of aromatic nitrogens is 6. The minimum atomic E-state index is -4.24. The van der Waals surface area contributed by atoms with Crippen LogP contribution < -0.4 is 10.5 Å². The Kier molecular flexibility index (Phi) is 4.08. The monoisotopic (exact) mass is 379 g/mol. The third-order valence-electron chi connectivity index (χ3n) is 4.73. The molecule has 0 bridgehead atoms. The highest BCUT2D eigenvalue weighted by atomic mass is 19.4. The number of anilines is 1. The zero-order valence-corrected chi connectivity index (χ0v) is 14.4. The number of hydrogen-bond acceptors (Lipinski definition) is 6. The summed E-state index contributed by atoms with van der Waals surface area (Å²) in [5.74, 6) is 0.0875. The van der Waals surface area contributed by atoms with E-state index in [9.17, 15) is 18.0 Å². The number of pyridine rings is 1. The lowest BCUT2D eigenvalue weighted by molar-refractivity contribution is -0.182. The fourth-order valence-corrected chi connectivity index (χ4v) is 3.21. The van der Waals surface area contributed by atoms with Gasteiger partial charge in [0.25, 0.3) is 5.56 Å². The molecule has 1 unspecified atom stereocenters. The molecular formula is C16H16F3N7O. The molecule has 27 heavy (non-hydrogen) atoms. The van der Waals surface area contributed by atoms with E-state index in [-0.39, 0.29) is 37.0 Å². The topological polar surface area (TPSA) is 92.6 Å². The summed E-state index contributed by atoms with van der Waals surface area (Å²) < 4.78 is 40.8. The van der Waals surface area contributed by atoms with E-state index in [2.05, 4.69) is 25.1 Å². The van der Waals surface area contributed by atoms with Crippen molar-refractivity contribution in [2.24, 2.45) is 5.92 Å². The van der Waals surface area contributed by atoms with Crippen LogP contribution in [-0.4, -0.2) is 42.9 Å². The van der Waals surface area contributed by atoms with Crippen molar-refractivity contribution in [1.82, 2.24) is 29.7 Å². The Morgan fingerprint density at radius 1 is 1.33 bits per heavy atom. The molecule has 0 amide bonds. The summed E-state index contributed by atoms with van der Waals surface area (Å²) >= 11 is 0. The number of H-pyrrole nitrogens is 1. The third kappa shape index (κ3) is 3.24. The van der Waals surface area contributed by atoms with Gasteiger partial charge in [0, 0.05) is 20.0 Å². The lowest BCUT2D eigenvalue weighted by Crippen LogP contribution is -2.33. The molecule has 11 heteroatoms. The fraction of sp³-hybridized carbons (Fsp3) is 0.438. The second-order valence-electron chi connectivity index (χ2n) is 6.55. The Morgan fingerprint density at radius 2 is 2.15 bits per heavy atom. The first-order valence-corrected chi connectivity index (χ1v) is 8.36. The first-order chi connectivity index (χ1) is 12.8. The van der Waals surface area contributed by atoms with Gasteiger partial charge in [-0.3, -0.25) is 4.79 Å². The van der Waals surface area contributed by atoms with E-state index in [1.54, 1.807) is 24.1 Å². The van der Waals surface area contributed by atoms with E-state index in [0.29, 0.717) is 23.0 Å². The molecule has 0 spiro atoms. The van der Waals surface area contributed by atoms with Crippen molar-refractivity contribution in [3.8, 4) is 0 Å². The molecule has 0 fully saturated rings. The molecular weight excluding hydrogens is 363 g/mol. The average molecular weight is 379 g/mol. The molecule has 3 aromatic heterocycles. The molecule has 3 aromatic rings. The number of aryl methyl sites for hydroxylation is 1. The minimum absolute atomic E-state index is 0.0273. The summed E-state index contributed by atoms with van der Waals surface area (Å²) in [5, 5.41) is 8.07. The van der Waals surface area contributed by atoms with Gasteiger partial charge in [-0.05, 0) is 18.6 Å². The van der Waals surface area contributed by atoms with Crippen LogP contribution in [0.25, 0.3) is 11.0 Å². The Bertz CT molecular complexity index is 1040. The Labute approximate surface area is 151 Å². The third-order valence-corrected chi connectivity index (χ3v) is 4.73. The summed E-state index contributed by atoms with van der Waals surface area (Å²) in [7, 11) is 1.73. The van der Waals surface area contributed by atoms with Crippen molar-refractivity contribution < 1.29 is 13.2 Å². The first kappa shape index (κ1) is 17.4. The van der Waals surface area contributed by atoms with Gasteiger partial charge in [0.2, 0.25) is 0 Å². The molecule has 0 saturated heterocycles. The van der Waals surface area contributed by atoms with Crippen LogP contribution in [0.4, 0.5) is 19.0 Å². The van der Waals surface area contributed by atoms with Crippen molar-refractivity contribution in [3.05, 3.63) is 40.5 Å². The predicted molar refractivity (Wildman–Crippen MR) is 90.2 cm³/mol. The predicted octanol–water partition coefficient (Wildman–Crippen LogP) is 1.67. The van der Waals surface area contributed by atoms with E-state index in [4.69, 9.17) is 0 Å². The molecule has 4 heterocycles. The molecule has 0 saturated carbocycles. The summed E-state index contributed by atoms with van der Waals surface area (Å²) in [6, 6.07) is 3.36. The smallest absolute Gasteiger partial charge is 0.352 e. The van der Waals surface area contributed by atoms with Crippen LogP contribution in [0.5, 0.6) is 0 Å². The molecule has 0 aromatic carbocycles. The van der Waals surface area contributed by atoms with Gasteiger partial charge in [-0.2, -0.15) is 13.2 Å². The number of halogens is 3. The number of nitrogens with zero attached hydrogens (tertiary/aromatic N) is 6. The maximum atomic E-state index is 13.1. The maximum Gasteiger partial charge on any atom is 0.393 e. The Morgan fingerprint density at radius 3 is 2.93 bits per heavy atom. The quantitative estimate of drug-likeness (QED) is 0.744. The zero-order chi connectivity index (χ0) is 19.2. The van der Waals surface area contributed by atoms with Gasteiger partial charge < -0.3 is 14.5 Å². The molecule has 1 aliphatic heterocycles. The zero-order valence-electron chi connectivity index (χ0n) is 14.4. The van der Waals surface area contributed by atoms with E-state index in [1.807, 2.05) is 0 Å². The molecule has 1 N–H and O–H groups in total. The Hall–Kier alpha value is -2.98. The van der Waals surface area contributed by atoms with Gasteiger partial charge in [-0.1, -0.05) is 0 Å². The van der Waals surface area contributed by atoms with E-state index in [1.165, 1.54) is 10.9 Å². The van der Waals surface area contributed by atoms with Gasteiger partial charge in [-0.15, -0.1) is 10.2 Å². The molecule has 142 valence electrons. The average Bonchev–Trinajstić information content (AvgIpc) is 3.03. The number of aromatic amines is 1. The van der Waals surface area contributed by atoms with Crippen molar-refractivity contribution in [3.63, 3.8) is 0 Å². The molecule has 4 rings (SSSR count). The highest BCUT2D eigenvalue weighted by Gasteiger charge is 2.42. The lowest BCUT2D eigenvalue weighted by Gasteiger charge is -2.27. The van der Waals surface area contributed by atoms with Crippen LogP contribution >= 0.6 is 0 Å². The summed E-state index contributed by atoms with van der Waals surface area (Å²) in [4.78, 5) is 24.4. The number of hydrogen-bond donors (Lipinski definition) is 1. The lowest BCUT2D eigenvalue weighted by atomic mass is 9.99. The number of alkyl halides is 3. The number of rotatable bonds is 3. The van der Waals surface area contributed by atoms with Gasteiger partial charge in [0.05, 0.1) is 24.3 Å². The molecule has 1 aliphatic rings. The van der Waals surface area contributed by atoms with Crippen molar-refractivity contribution in [2.45, 2.75) is 32.1 Å². The van der Waals surface area contributed by atoms with Crippen molar-refractivity contribution in [2.75, 3.05) is 11.9 Å². The van der Waals surface area contributed by atoms with Crippen LogP contribution in [0.2, 0.25) is 0 Å². The second-order valence-corrected chi connectivity index (χ2v) is 6.55. The van der Waals surface area contributed by atoms with Gasteiger partial charge in [0.15, 0.2) is 11.3 Å². The van der Waals surface area contributed by atoms with E-state index < -0.39 is 12.1 Å². The second kappa shape index (κ2) is 6.32. The number of nitrogens with one attached hydrogen (secondary N) is 1. The highest BCUT2D eigenvalue weighted by molar-refractivity contribution is 5.74. The molecule has 0 aliphatic carbocycles. The van der Waals surface area contributed by atoms with Crippen LogP contribution in [0.15, 0.2) is 23.3 Å². The van der Waals surface area contributed by atoms with Crippen molar-refractivity contribution >= 4 is 16.9 Å². The standard InChI is InChI=1S/C16H16F3N7O/c1-25(11-5-3-10-14(22-11)15(27)21-8-20-10)7-13-24-23-12-4-2-9(6-26(12)13)16(17,18)19/h3,5,8-9H,2,4,6-7H2,1H3,(H,20,21,27). The summed E-state index contributed by atoms with van der Waals surface area (Å²) in [5.41, 5.74) is 0.300. The van der Waals surface area contributed by atoms with Gasteiger partial charge in [0.1, 0.15) is 11.6 Å². The molecule has 1 atom stereocenters. The fourth-order valence-electron chi connectivity index (χ4n) is 3.21. The first-order valence-electron chi connectivity index (χ1n) is 8.36. The van der Waals surface area contributed by atoms with Gasteiger partial charge >= 0.3 is 6.18 Å². The minimum Gasteiger partial charge on any atom is -0.352 e. The summed E-state index contributed by atoms with van der Waals surface area (Å²) in [6.07, 6.45) is -2.66. The summed E-state index contributed by atoms with van der Waals surface area (Å²) in [6.45, 7) is 0.0397. The molecule has 0 radical (unpaired) electrons. The molecule has 8 nitrogen and oxygen atoms in total. The van der Waals surface area contributed by atoms with E-state index in [0.717, 1.165) is 0 Å². The van der Waals surface area contributed by atoms with Crippen molar-refractivity contribution in [1.29, 1.82) is 0 Å². The van der Waals surface area contributed by atoms with Gasteiger partial charge in [-0.25, -0.2) is 9.97 Å². The van der Waals surface area contributed by atoms with E-state index >= 15 is 0 Å². The van der Waals surface area contributed by atoms with Crippen LogP contribution in [-0.2, 0) is 19.5 Å². The number of fused-ring (bicyclic) bond motifs is 2. The van der Waals surface area contributed by atoms with Crippen LogP contribution in [0, 0.1) is 5.92 Å². The van der Waals surface area contributed by atoms with Crippen LogP contribution in [0.3, 0.4) is 0 Å². The normalized spacial score (nSPS) is 17.1. The van der Waals surface area contributed by atoms with Crippen LogP contribution in [0.1, 0.15) is 18.1 Å². The highest BCUT2D eigenvalue weighted by Crippen LogP contribution is 2.34. The largest absolute Gasteiger partial charge is 0.393 e. The maximum absolute atomic E-state index is 13.1. The SMILES string of the molecule is CN(Cc1nnc2n1CC(C(F)(F)F)CC2)c1ccc2nc[nH]c(=O)c2n1. The Balaban J connectivity index is 1.60.